The molecule has 2 fully saturated rings. The topological polar surface area (TPSA) is 79.3 Å². The van der Waals surface area contributed by atoms with Gasteiger partial charge in [0.15, 0.2) is 6.10 Å². The summed E-state index contributed by atoms with van der Waals surface area (Å²) in [7, 11) is 3.21. The number of benzene rings is 1. The van der Waals surface area contributed by atoms with E-state index >= 15 is 0 Å². The Morgan fingerprint density at radius 2 is 2.03 bits per heavy atom. The highest BCUT2D eigenvalue weighted by molar-refractivity contribution is 5.86. The summed E-state index contributed by atoms with van der Waals surface area (Å²) in [5, 5.41) is 12.4. The third-order valence-electron chi connectivity index (χ3n) is 8.57. The van der Waals surface area contributed by atoms with E-state index in [1.807, 2.05) is 25.8 Å². The maximum atomic E-state index is 13.5. The van der Waals surface area contributed by atoms with Crippen molar-refractivity contribution < 1.29 is 24.2 Å². The molecule has 1 saturated carbocycles. The van der Waals surface area contributed by atoms with E-state index in [2.05, 4.69) is 35.3 Å². The first-order valence-electron chi connectivity index (χ1n) is 11.4. The fraction of sp³-hybridized carbons (Fsp3) is 0.600. The van der Waals surface area contributed by atoms with Gasteiger partial charge in [-0.25, -0.2) is 4.79 Å². The minimum atomic E-state index is -2.04. The van der Waals surface area contributed by atoms with Crippen LogP contribution in [0.3, 0.4) is 0 Å². The average Bonchev–Trinajstić information content (AvgIpc) is 3.27. The number of carbonyl (C=O) groups is 2. The normalized spacial score (nSPS) is 39.3. The van der Waals surface area contributed by atoms with Gasteiger partial charge in [0.25, 0.3) is 0 Å². The van der Waals surface area contributed by atoms with Crippen LogP contribution in [0.4, 0.5) is 5.69 Å². The number of nitrogens with zero attached hydrogens (tertiary/aromatic N) is 2. The lowest BCUT2D eigenvalue weighted by molar-refractivity contribution is -0.228. The fourth-order valence-corrected chi connectivity index (χ4v) is 7.68. The number of carbonyl (C=O) groups excluding carboxylic acids is 2. The van der Waals surface area contributed by atoms with Crippen molar-refractivity contribution in [1.29, 1.82) is 0 Å². The summed E-state index contributed by atoms with van der Waals surface area (Å²) in [4.78, 5) is 30.2. The number of esters is 2. The van der Waals surface area contributed by atoms with E-state index < -0.39 is 40.5 Å². The maximum absolute atomic E-state index is 13.5. The maximum Gasteiger partial charge on any atom is 0.344 e. The molecule has 0 aromatic heterocycles. The van der Waals surface area contributed by atoms with Gasteiger partial charge in [-0.2, -0.15) is 0 Å². The molecule has 1 aromatic carbocycles. The van der Waals surface area contributed by atoms with Crippen LogP contribution in [-0.4, -0.2) is 73.0 Å². The molecule has 6 atom stereocenters. The second-order valence-electron chi connectivity index (χ2n) is 9.90. The van der Waals surface area contributed by atoms with Gasteiger partial charge < -0.3 is 19.5 Å². The lowest BCUT2D eigenvalue weighted by Crippen LogP contribution is -2.81. The lowest BCUT2D eigenvalue weighted by atomic mass is 9.47. The van der Waals surface area contributed by atoms with Crippen molar-refractivity contribution in [2.75, 3.05) is 32.1 Å². The molecule has 1 spiro atoms. The van der Waals surface area contributed by atoms with Crippen LogP contribution < -0.4 is 4.90 Å². The van der Waals surface area contributed by atoms with E-state index in [1.54, 1.807) is 0 Å². The van der Waals surface area contributed by atoms with Gasteiger partial charge in [0, 0.05) is 43.1 Å². The predicted octanol–water partition coefficient (Wildman–Crippen LogP) is 1.94. The van der Waals surface area contributed by atoms with Crippen LogP contribution in [0.5, 0.6) is 0 Å². The van der Waals surface area contributed by atoms with Gasteiger partial charge >= 0.3 is 11.9 Å². The molecule has 1 unspecified atom stereocenters. The standard InChI is InChI=1S/C25H32N2O5/c1-6-23-10-7-12-27-13-11-24(19(23)27)17-9-8-15(2)14-18(17)26(4)20(24)25(30,22(29)31-5)21(23)32-16(3)28/h7-10,14,19-21,30H,6,11-13H2,1-5H3/t19-,20?,21+,23+,24+,25-/m0/s1. The van der Waals surface area contributed by atoms with Gasteiger partial charge in [-0.05, 0) is 43.5 Å². The third-order valence-corrected chi connectivity index (χ3v) is 8.57. The molecular weight excluding hydrogens is 408 g/mol. The molecule has 0 radical (unpaired) electrons. The number of likely N-dealkylation sites (N-methyl/N-ethyl adjacent to an activating group) is 1. The number of ether oxygens (including phenoxy) is 2. The quantitative estimate of drug-likeness (QED) is 0.568. The summed E-state index contributed by atoms with van der Waals surface area (Å²) >= 11 is 0. The van der Waals surface area contributed by atoms with Crippen molar-refractivity contribution in [2.45, 2.75) is 62.8 Å². The van der Waals surface area contributed by atoms with E-state index in [-0.39, 0.29) is 6.04 Å². The fourth-order valence-electron chi connectivity index (χ4n) is 7.68. The molecule has 32 heavy (non-hydrogen) atoms. The highest BCUT2D eigenvalue weighted by Crippen LogP contribution is 2.67. The number of hydrogen-bond donors (Lipinski definition) is 1. The minimum Gasteiger partial charge on any atom is -0.467 e. The molecule has 7 nitrogen and oxygen atoms in total. The molecule has 5 rings (SSSR count). The van der Waals surface area contributed by atoms with Gasteiger partial charge in [-0.1, -0.05) is 31.2 Å². The second kappa shape index (κ2) is 6.81. The van der Waals surface area contributed by atoms with Crippen LogP contribution in [0.1, 0.15) is 37.8 Å². The van der Waals surface area contributed by atoms with Crippen molar-refractivity contribution in [1.82, 2.24) is 4.90 Å². The first-order valence-corrected chi connectivity index (χ1v) is 11.4. The Morgan fingerprint density at radius 1 is 1.28 bits per heavy atom. The van der Waals surface area contributed by atoms with Crippen molar-refractivity contribution in [3.63, 3.8) is 0 Å². The summed E-state index contributed by atoms with van der Waals surface area (Å²) in [6.45, 7) is 7.07. The molecule has 3 aliphatic heterocycles. The molecule has 0 amide bonds. The van der Waals surface area contributed by atoms with Crippen LogP contribution in [-0.2, 0) is 24.5 Å². The van der Waals surface area contributed by atoms with Gasteiger partial charge in [0.2, 0.25) is 5.60 Å². The predicted molar refractivity (Wildman–Crippen MR) is 119 cm³/mol. The van der Waals surface area contributed by atoms with Crippen LogP contribution in [0.15, 0.2) is 30.4 Å². The first kappa shape index (κ1) is 21.5. The van der Waals surface area contributed by atoms with E-state index in [9.17, 15) is 14.7 Å². The number of aliphatic hydroxyl groups is 1. The number of anilines is 1. The zero-order chi connectivity index (χ0) is 23.1. The number of aryl methyl sites for hydroxylation is 1. The number of methoxy groups -OCH3 is 1. The number of hydrogen-bond acceptors (Lipinski definition) is 7. The Labute approximate surface area is 189 Å². The van der Waals surface area contributed by atoms with Crippen molar-refractivity contribution in [3.05, 3.63) is 41.5 Å². The zero-order valence-electron chi connectivity index (χ0n) is 19.4. The molecule has 7 heteroatoms. The zero-order valence-corrected chi connectivity index (χ0v) is 19.4. The van der Waals surface area contributed by atoms with Crippen molar-refractivity contribution in [3.8, 4) is 0 Å². The van der Waals surface area contributed by atoms with Crippen LogP contribution >= 0.6 is 0 Å². The summed E-state index contributed by atoms with van der Waals surface area (Å²) < 4.78 is 11.1. The van der Waals surface area contributed by atoms with Crippen LogP contribution in [0.25, 0.3) is 0 Å². The lowest BCUT2D eigenvalue weighted by Gasteiger charge is -2.63. The van der Waals surface area contributed by atoms with E-state index in [0.29, 0.717) is 6.42 Å². The minimum absolute atomic E-state index is 0.0179. The molecule has 1 saturated heterocycles. The molecule has 1 aliphatic carbocycles. The largest absolute Gasteiger partial charge is 0.467 e. The average molecular weight is 441 g/mol. The van der Waals surface area contributed by atoms with Gasteiger partial charge in [-0.3, -0.25) is 9.69 Å². The Morgan fingerprint density at radius 3 is 2.69 bits per heavy atom. The molecular formula is C25H32N2O5. The SMILES string of the molecule is CC[C@]12C=CCN3CC[C@@]4(c5ccc(C)cc5N(C)C4[C@@](O)(C(=O)OC)[C@@H]1OC(C)=O)[C@@H]32. The Kier molecular flexibility index (Phi) is 4.57. The Hall–Kier alpha value is -2.38. The summed E-state index contributed by atoms with van der Waals surface area (Å²) in [5.74, 6) is -1.27. The van der Waals surface area contributed by atoms with Crippen molar-refractivity contribution >= 4 is 17.6 Å². The van der Waals surface area contributed by atoms with Crippen molar-refractivity contribution in [2.24, 2.45) is 5.41 Å². The van der Waals surface area contributed by atoms with Gasteiger partial charge in [0.1, 0.15) is 0 Å². The molecule has 172 valence electrons. The van der Waals surface area contributed by atoms with E-state index in [1.165, 1.54) is 14.0 Å². The Bertz CT molecular complexity index is 1020. The summed E-state index contributed by atoms with van der Waals surface area (Å²) in [5.41, 5.74) is 0.0171. The van der Waals surface area contributed by atoms with Crippen LogP contribution in [0, 0.1) is 12.3 Å². The van der Waals surface area contributed by atoms with E-state index in [4.69, 9.17) is 9.47 Å². The Balaban J connectivity index is 1.88. The first-order chi connectivity index (χ1) is 15.2. The monoisotopic (exact) mass is 440 g/mol. The van der Waals surface area contributed by atoms with Gasteiger partial charge in [-0.15, -0.1) is 0 Å². The summed E-state index contributed by atoms with van der Waals surface area (Å²) in [6, 6.07) is 5.75. The third kappa shape index (κ3) is 2.28. The highest BCUT2D eigenvalue weighted by atomic mass is 16.6. The number of fused-ring (bicyclic) bond motifs is 1. The van der Waals surface area contributed by atoms with Gasteiger partial charge in [0.05, 0.1) is 13.2 Å². The smallest absolute Gasteiger partial charge is 0.344 e. The molecule has 4 aliphatic rings. The molecule has 1 aromatic rings. The molecule has 0 bridgehead atoms. The molecule has 3 heterocycles. The van der Waals surface area contributed by atoms with Crippen LogP contribution in [0.2, 0.25) is 0 Å². The van der Waals surface area contributed by atoms with E-state index in [0.717, 1.165) is 36.3 Å². The molecule has 1 N–H and O–H groups in total. The highest BCUT2D eigenvalue weighted by Gasteiger charge is 2.80. The number of rotatable bonds is 3. The second-order valence-corrected chi connectivity index (χ2v) is 9.90. The summed E-state index contributed by atoms with van der Waals surface area (Å²) in [6.07, 6.45) is 4.52.